The molecule has 29 heavy (non-hydrogen) atoms. The number of halogens is 6. The van der Waals surface area contributed by atoms with Crippen molar-refractivity contribution in [3.8, 4) is 17.2 Å². The van der Waals surface area contributed by atoms with Gasteiger partial charge in [-0.25, -0.2) is 0 Å². The van der Waals surface area contributed by atoms with Gasteiger partial charge in [-0.3, -0.25) is 0 Å². The average molecular weight is 666 g/mol. The minimum atomic E-state index is -4.23. The van der Waals surface area contributed by atoms with Crippen molar-refractivity contribution in [2.75, 3.05) is 0 Å². The highest BCUT2D eigenvalue weighted by atomic mass is 79.9. The second kappa shape index (κ2) is 9.82. The number of hydrogen-bond donors (Lipinski definition) is 0. The van der Waals surface area contributed by atoms with Gasteiger partial charge in [-0.05, 0) is 102 Å². The fraction of sp³-hybridized carbons (Fsp3) is 0. The Morgan fingerprint density at radius 1 is 0.586 bits per heavy atom. The Kier molecular flexibility index (Phi) is 7.88. The number of phosphoric acid groups is 1. The van der Waals surface area contributed by atoms with Crippen LogP contribution in [0.2, 0.25) is 15.1 Å². The molecule has 0 amide bonds. The van der Waals surface area contributed by atoms with E-state index in [4.69, 9.17) is 48.4 Å². The van der Waals surface area contributed by atoms with E-state index < -0.39 is 7.82 Å². The number of rotatable bonds is 6. The fourth-order valence-electron chi connectivity index (χ4n) is 2.06. The van der Waals surface area contributed by atoms with Crippen molar-refractivity contribution < 1.29 is 18.1 Å². The second-order valence-electron chi connectivity index (χ2n) is 5.45. The van der Waals surface area contributed by atoms with Gasteiger partial charge >= 0.3 is 7.82 Å². The van der Waals surface area contributed by atoms with Crippen LogP contribution in [0.3, 0.4) is 0 Å². The SMILES string of the molecule is O=P(Oc1ccc(Cl)cc1Br)(Oc1ccc(Cl)cc1Br)Oc1ccc(Cl)cc1Br. The summed E-state index contributed by atoms with van der Waals surface area (Å²) in [4.78, 5) is 0. The van der Waals surface area contributed by atoms with Crippen LogP contribution in [0.1, 0.15) is 0 Å². The van der Waals surface area contributed by atoms with Gasteiger partial charge in [0.05, 0.1) is 13.4 Å². The van der Waals surface area contributed by atoms with Crippen LogP contribution in [0.25, 0.3) is 0 Å². The maximum absolute atomic E-state index is 13.6. The fourth-order valence-corrected chi connectivity index (χ4v) is 6.04. The first kappa shape index (κ1) is 23.3. The quantitative estimate of drug-likeness (QED) is 0.246. The molecule has 0 heterocycles. The molecule has 3 rings (SSSR count). The van der Waals surface area contributed by atoms with Gasteiger partial charge in [0.1, 0.15) is 17.2 Å². The van der Waals surface area contributed by atoms with E-state index in [0.717, 1.165) is 0 Å². The summed E-state index contributed by atoms with van der Waals surface area (Å²) in [6, 6.07) is 14.2. The zero-order chi connectivity index (χ0) is 21.2. The van der Waals surface area contributed by atoms with Crippen LogP contribution in [-0.4, -0.2) is 0 Å². The van der Waals surface area contributed by atoms with Gasteiger partial charge in [-0.15, -0.1) is 0 Å². The van der Waals surface area contributed by atoms with Crippen molar-refractivity contribution in [3.05, 3.63) is 83.1 Å². The summed E-state index contributed by atoms with van der Waals surface area (Å²) >= 11 is 27.9. The lowest BCUT2D eigenvalue weighted by Crippen LogP contribution is -2.08. The first-order valence-electron chi connectivity index (χ1n) is 7.69. The van der Waals surface area contributed by atoms with Gasteiger partial charge in [0, 0.05) is 15.1 Å². The van der Waals surface area contributed by atoms with Crippen LogP contribution in [0.4, 0.5) is 0 Å². The van der Waals surface area contributed by atoms with E-state index in [1.807, 2.05) is 0 Å². The first-order valence-corrected chi connectivity index (χ1v) is 12.7. The molecule has 0 fully saturated rings. The molecule has 0 aromatic heterocycles. The van der Waals surface area contributed by atoms with Gasteiger partial charge in [-0.1, -0.05) is 34.8 Å². The molecule has 11 heteroatoms. The lowest BCUT2D eigenvalue weighted by atomic mass is 10.3. The standard InChI is InChI=1S/C18H9Br3Cl3O4P/c19-13-7-10(22)1-4-16(13)26-29(25,27-17-5-2-11(23)8-14(17)20)28-18-6-3-12(24)9-15(18)21/h1-9H. The third-order valence-electron chi connectivity index (χ3n) is 3.31. The molecule has 0 saturated heterocycles. The molecule has 152 valence electrons. The molecule has 0 unspecified atom stereocenters. The van der Waals surface area contributed by atoms with Gasteiger partial charge < -0.3 is 13.6 Å². The highest BCUT2D eigenvalue weighted by Crippen LogP contribution is 2.53. The zero-order valence-corrected chi connectivity index (χ0v) is 22.0. The van der Waals surface area contributed by atoms with E-state index in [2.05, 4.69) is 47.8 Å². The highest BCUT2D eigenvalue weighted by Gasteiger charge is 2.35. The second-order valence-corrected chi connectivity index (χ2v) is 10.8. The lowest BCUT2D eigenvalue weighted by molar-refractivity contribution is 0.296. The van der Waals surface area contributed by atoms with Crippen LogP contribution >= 0.6 is 90.4 Å². The molecular formula is C18H9Br3Cl3O4P. The minimum Gasteiger partial charge on any atom is -0.385 e. The predicted molar refractivity (Wildman–Crippen MR) is 127 cm³/mol. The Hall–Kier alpha value is -0.400. The molecule has 3 aromatic carbocycles. The summed E-state index contributed by atoms with van der Waals surface area (Å²) in [5.74, 6) is 0.647. The molecule has 0 aliphatic rings. The predicted octanol–water partition coefficient (Wildman–Crippen LogP) is 9.58. The van der Waals surface area contributed by atoms with Crippen LogP contribution < -0.4 is 13.6 Å². The Balaban J connectivity index is 2.00. The van der Waals surface area contributed by atoms with Crippen molar-refractivity contribution >= 4 is 90.4 Å². The number of phosphoric ester groups is 1. The molecule has 0 aliphatic carbocycles. The summed E-state index contributed by atoms with van der Waals surface area (Å²) in [5.41, 5.74) is 0. The van der Waals surface area contributed by atoms with Crippen LogP contribution in [0.15, 0.2) is 68.0 Å². The van der Waals surface area contributed by atoms with Crippen molar-refractivity contribution in [2.24, 2.45) is 0 Å². The third-order valence-corrected chi connectivity index (χ3v) is 7.14. The Bertz CT molecular complexity index is 977. The first-order chi connectivity index (χ1) is 13.6. The normalized spacial score (nSPS) is 11.2. The van der Waals surface area contributed by atoms with Crippen molar-refractivity contribution in [2.45, 2.75) is 0 Å². The number of hydrogen-bond acceptors (Lipinski definition) is 4. The summed E-state index contributed by atoms with van der Waals surface area (Å²) in [7, 11) is -4.23. The van der Waals surface area contributed by atoms with E-state index in [1.54, 1.807) is 54.6 Å². The summed E-state index contributed by atoms with van der Waals surface area (Å²) in [6.45, 7) is 0. The van der Waals surface area contributed by atoms with Crippen molar-refractivity contribution in [1.82, 2.24) is 0 Å². The topological polar surface area (TPSA) is 44.8 Å². The van der Waals surface area contributed by atoms with Gasteiger partial charge in [-0.2, -0.15) is 4.57 Å². The largest absolute Gasteiger partial charge is 0.647 e. The van der Waals surface area contributed by atoms with Crippen LogP contribution in [-0.2, 0) is 4.57 Å². The maximum atomic E-state index is 13.6. The molecule has 0 spiro atoms. The molecule has 0 aliphatic heterocycles. The maximum Gasteiger partial charge on any atom is 0.647 e. The van der Waals surface area contributed by atoms with E-state index in [1.165, 1.54) is 0 Å². The molecular weight excluding hydrogens is 657 g/mol. The van der Waals surface area contributed by atoms with Gasteiger partial charge in [0.25, 0.3) is 0 Å². The van der Waals surface area contributed by atoms with Crippen LogP contribution in [0.5, 0.6) is 17.2 Å². The molecule has 0 saturated carbocycles. The highest BCUT2D eigenvalue weighted by molar-refractivity contribution is 9.11. The van der Waals surface area contributed by atoms with Crippen molar-refractivity contribution in [1.29, 1.82) is 0 Å². The summed E-state index contributed by atoms with van der Waals surface area (Å²) < 4.78 is 32.0. The van der Waals surface area contributed by atoms with E-state index in [-0.39, 0.29) is 17.2 Å². The Labute approximate surface area is 207 Å². The van der Waals surface area contributed by atoms with E-state index in [9.17, 15) is 4.57 Å². The lowest BCUT2D eigenvalue weighted by Gasteiger charge is -2.21. The minimum absolute atomic E-state index is 0.216. The van der Waals surface area contributed by atoms with Crippen LogP contribution in [0, 0.1) is 0 Å². The smallest absolute Gasteiger partial charge is 0.385 e. The van der Waals surface area contributed by atoms with E-state index >= 15 is 0 Å². The molecule has 4 nitrogen and oxygen atoms in total. The summed E-state index contributed by atoms with van der Waals surface area (Å²) in [6.07, 6.45) is 0. The molecule has 0 bridgehead atoms. The molecule has 0 atom stereocenters. The number of benzene rings is 3. The molecule has 0 N–H and O–H groups in total. The Morgan fingerprint density at radius 2 is 0.862 bits per heavy atom. The van der Waals surface area contributed by atoms with E-state index in [0.29, 0.717) is 28.5 Å². The Morgan fingerprint density at radius 3 is 1.10 bits per heavy atom. The van der Waals surface area contributed by atoms with Crippen molar-refractivity contribution in [3.63, 3.8) is 0 Å². The van der Waals surface area contributed by atoms with Gasteiger partial charge in [0.2, 0.25) is 0 Å². The monoisotopic (exact) mass is 662 g/mol. The molecule has 0 radical (unpaired) electrons. The zero-order valence-electron chi connectivity index (χ0n) is 14.0. The third kappa shape index (κ3) is 6.30. The molecule has 3 aromatic rings. The summed E-state index contributed by atoms with van der Waals surface area (Å²) in [5, 5.41) is 1.42. The van der Waals surface area contributed by atoms with Gasteiger partial charge in [0.15, 0.2) is 0 Å². The average Bonchev–Trinajstić information content (AvgIpc) is 2.63.